The minimum atomic E-state index is -4.06. The number of sulfonamides is 1. The fraction of sp³-hybridized carbons (Fsp3) is 0.292. The lowest BCUT2D eigenvalue weighted by Crippen LogP contribution is -2.17. The number of nitrogens with zero attached hydrogens (tertiary/aromatic N) is 5. The molecule has 12 heteroatoms. The summed E-state index contributed by atoms with van der Waals surface area (Å²) in [5, 5.41) is 3.10. The Hall–Kier alpha value is -3.90. The maximum absolute atomic E-state index is 13.3. The average Bonchev–Trinajstić information content (AvgIpc) is 3.20. The molecular formula is C24H29N7O4S. The van der Waals surface area contributed by atoms with Crippen LogP contribution < -0.4 is 19.5 Å². The zero-order valence-corrected chi connectivity index (χ0v) is 21.8. The number of hydrogen-bond acceptors (Lipinski definition) is 9. The summed E-state index contributed by atoms with van der Waals surface area (Å²) in [7, 11) is 4.59. The number of aromatic nitrogens is 4. The highest BCUT2D eigenvalue weighted by Gasteiger charge is 2.23. The van der Waals surface area contributed by atoms with Gasteiger partial charge >= 0.3 is 0 Å². The number of ether oxygens (including phenoxy) is 2. The van der Waals surface area contributed by atoms with Crippen molar-refractivity contribution in [3.8, 4) is 11.5 Å². The highest BCUT2D eigenvalue weighted by molar-refractivity contribution is 7.92. The van der Waals surface area contributed by atoms with Gasteiger partial charge in [-0.1, -0.05) is 12.1 Å². The van der Waals surface area contributed by atoms with Crippen molar-refractivity contribution in [3.63, 3.8) is 0 Å². The van der Waals surface area contributed by atoms with Crippen molar-refractivity contribution < 1.29 is 17.9 Å². The maximum atomic E-state index is 13.3. The van der Waals surface area contributed by atoms with E-state index in [0.29, 0.717) is 40.6 Å². The van der Waals surface area contributed by atoms with Gasteiger partial charge in [0.25, 0.3) is 10.0 Å². The van der Waals surface area contributed by atoms with Gasteiger partial charge in [0.1, 0.15) is 17.3 Å². The Morgan fingerprint density at radius 2 is 1.67 bits per heavy atom. The van der Waals surface area contributed by atoms with Crippen molar-refractivity contribution in [2.75, 3.05) is 38.4 Å². The van der Waals surface area contributed by atoms with Crippen LogP contribution in [0.15, 0.2) is 47.6 Å². The van der Waals surface area contributed by atoms with E-state index in [-0.39, 0.29) is 16.7 Å². The first kappa shape index (κ1) is 25.2. The van der Waals surface area contributed by atoms with E-state index in [0.717, 1.165) is 5.56 Å². The molecule has 0 aliphatic carbocycles. The van der Waals surface area contributed by atoms with Crippen LogP contribution in [-0.4, -0.2) is 61.2 Å². The van der Waals surface area contributed by atoms with Crippen LogP contribution in [0.1, 0.15) is 11.4 Å². The van der Waals surface area contributed by atoms with Gasteiger partial charge in [0.2, 0.25) is 0 Å². The molecule has 190 valence electrons. The highest BCUT2D eigenvalue weighted by atomic mass is 32.2. The standard InChI is InChI=1S/C24H29N7O4S/c1-15-19(11-16(34-5)12-20(15)35-6)27-23-24(26-18-10-8-7-9-17(18)25-23)29-36(32,33)22-14-31(4)21(28-22)13-30(2)3/h7-12,14H,13H2,1-6H3,(H,25,27)(H,26,29). The average molecular weight is 512 g/mol. The molecule has 2 aromatic carbocycles. The van der Waals surface area contributed by atoms with Gasteiger partial charge in [0.05, 0.1) is 37.5 Å². The van der Waals surface area contributed by atoms with E-state index in [1.54, 1.807) is 50.1 Å². The lowest BCUT2D eigenvalue weighted by molar-refractivity contribution is 0.384. The summed E-state index contributed by atoms with van der Waals surface area (Å²) in [6, 6.07) is 10.8. The summed E-state index contributed by atoms with van der Waals surface area (Å²) < 4.78 is 41.8. The molecule has 2 N–H and O–H groups in total. The number of aryl methyl sites for hydroxylation is 1. The predicted octanol–water partition coefficient (Wildman–Crippen LogP) is 3.29. The van der Waals surface area contributed by atoms with Gasteiger partial charge in [-0.2, -0.15) is 8.42 Å². The Morgan fingerprint density at radius 3 is 2.28 bits per heavy atom. The summed E-state index contributed by atoms with van der Waals surface area (Å²) in [5.41, 5.74) is 2.55. The number of anilines is 3. The van der Waals surface area contributed by atoms with Gasteiger partial charge in [-0.25, -0.2) is 15.0 Å². The zero-order valence-electron chi connectivity index (χ0n) is 21.0. The zero-order chi connectivity index (χ0) is 26.0. The number of fused-ring (bicyclic) bond motifs is 1. The van der Waals surface area contributed by atoms with Crippen LogP contribution in [0.25, 0.3) is 11.0 Å². The molecular weight excluding hydrogens is 482 g/mol. The SMILES string of the molecule is COc1cc(Nc2nc3ccccc3nc2NS(=O)(=O)c2cn(C)c(CN(C)C)n2)c(C)c(OC)c1. The summed E-state index contributed by atoms with van der Waals surface area (Å²) in [5.74, 6) is 2.05. The number of hydrogen-bond donors (Lipinski definition) is 2. The smallest absolute Gasteiger partial charge is 0.282 e. The highest BCUT2D eigenvalue weighted by Crippen LogP contribution is 2.35. The number of para-hydroxylation sites is 2. The second kappa shape index (κ2) is 9.99. The molecule has 2 aromatic heterocycles. The number of methoxy groups -OCH3 is 2. The lowest BCUT2D eigenvalue weighted by Gasteiger charge is -2.17. The number of benzene rings is 2. The summed E-state index contributed by atoms with van der Waals surface area (Å²) in [6.45, 7) is 2.37. The summed E-state index contributed by atoms with van der Waals surface area (Å²) in [4.78, 5) is 15.4. The van der Waals surface area contributed by atoms with Crippen LogP contribution in [0.3, 0.4) is 0 Å². The molecule has 0 saturated heterocycles. The first-order chi connectivity index (χ1) is 17.1. The van der Waals surface area contributed by atoms with Gasteiger partial charge in [-0.05, 0) is 33.2 Å². The number of rotatable bonds is 9. The molecule has 0 saturated carbocycles. The van der Waals surface area contributed by atoms with Crippen molar-refractivity contribution in [2.45, 2.75) is 18.5 Å². The molecule has 4 rings (SSSR count). The molecule has 0 amide bonds. The molecule has 4 aromatic rings. The minimum Gasteiger partial charge on any atom is -0.497 e. The molecule has 0 fully saturated rings. The second-order valence-corrected chi connectivity index (χ2v) is 10.1. The van der Waals surface area contributed by atoms with E-state index in [2.05, 4.69) is 25.0 Å². The van der Waals surface area contributed by atoms with E-state index in [1.165, 1.54) is 6.20 Å². The van der Waals surface area contributed by atoms with Crippen molar-refractivity contribution >= 4 is 38.4 Å². The number of nitrogens with one attached hydrogen (secondary N) is 2. The molecule has 11 nitrogen and oxygen atoms in total. The van der Waals surface area contributed by atoms with Crippen LogP contribution in [0.5, 0.6) is 11.5 Å². The van der Waals surface area contributed by atoms with Gasteiger partial charge in [0, 0.05) is 30.9 Å². The first-order valence-electron chi connectivity index (χ1n) is 11.1. The fourth-order valence-electron chi connectivity index (χ4n) is 3.62. The predicted molar refractivity (Wildman–Crippen MR) is 139 cm³/mol. The second-order valence-electron chi connectivity index (χ2n) is 8.49. The van der Waals surface area contributed by atoms with Crippen LogP contribution in [0, 0.1) is 6.92 Å². The third kappa shape index (κ3) is 5.19. The van der Waals surface area contributed by atoms with E-state index >= 15 is 0 Å². The molecule has 0 aliphatic rings. The molecule has 0 bridgehead atoms. The van der Waals surface area contributed by atoms with E-state index < -0.39 is 10.0 Å². The number of imidazole rings is 1. The molecule has 0 atom stereocenters. The van der Waals surface area contributed by atoms with Gasteiger partial charge < -0.3 is 24.3 Å². The van der Waals surface area contributed by atoms with Gasteiger partial charge in [-0.3, -0.25) is 4.72 Å². The van der Waals surface area contributed by atoms with E-state index in [1.807, 2.05) is 38.1 Å². The third-order valence-corrected chi connectivity index (χ3v) is 6.74. The van der Waals surface area contributed by atoms with Crippen molar-refractivity contribution in [3.05, 3.63) is 54.0 Å². The Morgan fingerprint density at radius 1 is 1.00 bits per heavy atom. The van der Waals surface area contributed by atoms with Crippen LogP contribution in [-0.2, 0) is 23.6 Å². The summed E-state index contributed by atoms with van der Waals surface area (Å²) >= 11 is 0. The first-order valence-corrected chi connectivity index (χ1v) is 12.6. The van der Waals surface area contributed by atoms with Crippen molar-refractivity contribution in [1.29, 1.82) is 0 Å². The minimum absolute atomic E-state index is 0.0368. The van der Waals surface area contributed by atoms with Crippen molar-refractivity contribution in [2.24, 2.45) is 7.05 Å². The quantitative estimate of drug-likeness (QED) is 0.348. The largest absolute Gasteiger partial charge is 0.497 e. The third-order valence-electron chi connectivity index (χ3n) is 5.53. The molecule has 2 heterocycles. The van der Waals surface area contributed by atoms with Crippen LogP contribution in [0.2, 0.25) is 0 Å². The topological polar surface area (TPSA) is 124 Å². The molecule has 0 spiro atoms. The molecule has 0 unspecified atom stereocenters. The normalized spacial score (nSPS) is 11.6. The monoisotopic (exact) mass is 511 g/mol. The Kier molecular flexibility index (Phi) is 7.00. The van der Waals surface area contributed by atoms with Crippen LogP contribution in [0.4, 0.5) is 17.3 Å². The van der Waals surface area contributed by atoms with Gasteiger partial charge in [0.15, 0.2) is 16.7 Å². The Bertz CT molecular complexity index is 1520. The maximum Gasteiger partial charge on any atom is 0.282 e. The van der Waals surface area contributed by atoms with Crippen molar-refractivity contribution in [1.82, 2.24) is 24.4 Å². The summed E-state index contributed by atoms with van der Waals surface area (Å²) in [6.07, 6.45) is 1.47. The Balaban J connectivity index is 1.78. The van der Waals surface area contributed by atoms with Gasteiger partial charge in [-0.15, -0.1) is 0 Å². The molecule has 36 heavy (non-hydrogen) atoms. The molecule has 0 aliphatic heterocycles. The molecule has 0 radical (unpaired) electrons. The van der Waals surface area contributed by atoms with E-state index in [9.17, 15) is 8.42 Å². The Labute approximate surface area is 210 Å². The van der Waals surface area contributed by atoms with E-state index in [4.69, 9.17) is 9.47 Å². The fourth-order valence-corrected chi connectivity index (χ4v) is 4.65. The van der Waals surface area contributed by atoms with Crippen LogP contribution >= 0.6 is 0 Å². The lowest BCUT2D eigenvalue weighted by atomic mass is 10.1.